The van der Waals surface area contributed by atoms with Gasteiger partial charge in [0.2, 0.25) is 10.0 Å². The number of primary sulfonamides is 1. The monoisotopic (exact) mass is 453 g/mol. The van der Waals surface area contributed by atoms with E-state index in [1.807, 2.05) is 0 Å². The molecule has 4 aromatic rings. The van der Waals surface area contributed by atoms with E-state index in [9.17, 15) is 28.7 Å². The van der Waals surface area contributed by atoms with Crippen LogP contribution in [0.15, 0.2) is 71.6 Å². The van der Waals surface area contributed by atoms with E-state index in [-0.39, 0.29) is 33.5 Å². The van der Waals surface area contributed by atoms with Crippen molar-refractivity contribution in [3.8, 4) is 40.0 Å². The lowest BCUT2D eigenvalue weighted by atomic mass is 10.1. The first-order valence-corrected chi connectivity index (χ1v) is 10.6. The molecule has 0 atom stereocenters. The second-order valence-electron chi connectivity index (χ2n) is 6.69. The second-order valence-corrected chi connectivity index (χ2v) is 8.25. The average Bonchev–Trinajstić information content (AvgIpc) is 3.18. The molecule has 162 valence electrons. The number of sulfonamides is 1. The maximum absolute atomic E-state index is 11.6. The van der Waals surface area contributed by atoms with E-state index in [1.54, 1.807) is 18.2 Å². The average molecular weight is 453 g/mol. The number of para-hydroxylation sites is 1. The van der Waals surface area contributed by atoms with Gasteiger partial charge >= 0.3 is 0 Å². The molecule has 0 saturated heterocycles. The third-order valence-electron chi connectivity index (χ3n) is 4.59. The van der Waals surface area contributed by atoms with Crippen LogP contribution in [0, 0.1) is 10.1 Å². The van der Waals surface area contributed by atoms with Crippen molar-refractivity contribution in [2.45, 2.75) is 4.90 Å². The van der Waals surface area contributed by atoms with Gasteiger partial charge in [0, 0.05) is 6.07 Å². The van der Waals surface area contributed by atoms with Crippen LogP contribution >= 0.6 is 0 Å². The molecule has 1 heterocycles. The van der Waals surface area contributed by atoms with Gasteiger partial charge in [-0.3, -0.25) is 10.1 Å². The number of nitro groups is 1. The number of non-ortho nitro benzene ring substituents is 1. The predicted octanol–water partition coefficient (Wildman–Crippen LogP) is 2.57. The number of benzene rings is 3. The highest BCUT2D eigenvalue weighted by Gasteiger charge is 2.21. The number of nitro benzene ring substituents is 1. The second kappa shape index (κ2) is 7.76. The molecule has 0 saturated carbocycles. The van der Waals surface area contributed by atoms with Gasteiger partial charge in [-0.2, -0.15) is 0 Å². The van der Waals surface area contributed by atoms with Gasteiger partial charge in [0.25, 0.3) is 5.69 Å². The van der Waals surface area contributed by atoms with Crippen LogP contribution < -0.4 is 5.14 Å². The highest BCUT2D eigenvalue weighted by Crippen LogP contribution is 2.35. The maximum Gasteiger partial charge on any atom is 0.273 e. The third-order valence-corrected chi connectivity index (χ3v) is 5.52. The quantitative estimate of drug-likeness (QED) is 0.305. The summed E-state index contributed by atoms with van der Waals surface area (Å²) in [7, 11) is -3.90. The van der Waals surface area contributed by atoms with Crippen LogP contribution in [0.4, 0.5) is 5.69 Å². The zero-order valence-corrected chi connectivity index (χ0v) is 17.0. The van der Waals surface area contributed by atoms with Gasteiger partial charge in [-0.25, -0.2) is 23.2 Å². The summed E-state index contributed by atoms with van der Waals surface area (Å²) < 4.78 is 24.4. The van der Waals surface area contributed by atoms with Crippen LogP contribution in [0.2, 0.25) is 0 Å². The SMILES string of the molecule is NS(=O)(=O)c1ccc(-n2nc(-c3ccc([N+](=O)[O-])cc3O)nc2-c2ccccc2O)cc1. The van der Waals surface area contributed by atoms with Crippen molar-refractivity contribution < 1.29 is 23.6 Å². The molecule has 0 unspecified atom stereocenters. The highest BCUT2D eigenvalue weighted by molar-refractivity contribution is 7.89. The van der Waals surface area contributed by atoms with Crippen LogP contribution in [0.5, 0.6) is 11.5 Å². The minimum Gasteiger partial charge on any atom is -0.507 e. The van der Waals surface area contributed by atoms with Crippen molar-refractivity contribution in [1.82, 2.24) is 14.8 Å². The molecule has 0 aliphatic heterocycles. The Labute approximate surface area is 181 Å². The van der Waals surface area contributed by atoms with Gasteiger partial charge in [-0.15, -0.1) is 5.10 Å². The van der Waals surface area contributed by atoms with Gasteiger partial charge in [-0.05, 0) is 42.5 Å². The van der Waals surface area contributed by atoms with Crippen molar-refractivity contribution >= 4 is 15.7 Å². The van der Waals surface area contributed by atoms with Crippen LogP contribution in [-0.4, -0.2) is 38.3 Å². The topological polar surface area (TPSA) is 174 Å². The number of nitrogens with zero attached hydrogens (tertiary/aromatic N) is 4. The Kier molecular flexibility index (Phi) is 5.08. The van der Waals surface area contributed by atoms with E-state index < -0.39 is 20.7 Å². The van der Waals surface area contributed by atoms with Gasteiger partial charge in [0.05, 0.1) is 32.7 Å². The summed E-state index contributed by atoms with van der Waals surface area (Å²) in [6.45, 7) is 0. The first-order valence-electron chi connectivity index (χ1n) is 9.01. The van der Waals surface area contributed by atoms with Gasteiger partial charge < -0.3 is 10.2 Å². The van der Waals surface area contributed by atoms with E-state index in [0.717, 1.165) is 6.07 Å². The Hall–Kier alpha value is -4.29. The first kappa shape index (κ1) is 21.0. The smallest absolute Gasteiger partial charge is 0.273 e. The number of aromatic nitrogens is 3. The fourth-order valence-electron chi connectivity index (χ4n) is 3.04. The molecule has 0 bridgehead atoms. The fourth-order valence-corrected chi connectivity index (χ4v) is 3.56. The van der Waals surface area contributed by atoms with E-state index in [0.29, 0.717) is 11.3 Å². The predicted molar refractivity (Wildman–Crippen MR) is 114 cm³/mol. The molecular formula is C20H15N5O6S. The van der Waals surface area contributed by atoms with Crippen LogP contribution in [0.3, 0.4) is 0 Å². The fraction of sp³-hybridized carbons (Fsp3) is 0. The molecule has 0 amide bonds. The standard InChI is InChI=1S/C20H15N5O6S/c21-32(30,31)14-8-5-12(6-9-14)24-20(16-3-1-2-4-17(16)26)22-19(23-24)15-10-7-13(25(28)29)11-18(15)27/h1-11,26-27H,(H2,21,30,31). The molecule has 0 aliphatic rings. The Morgan fingerprint density at radius 1 is 0.938 bits per heavy atom. The number of rotatable bonds is 5. The van der Waals surface area contributed by atoms with Gasteiger partial charge in [-0.1, -0.05) is 12.1 Å². The first-order chi connectivity index (χ1) is 15.1. The van der Waals surface area contributed by atoms with Crippen molar-refractivity contribution in [3.63, 3.8) is 0 Å². The van der Waals surface area contributed by atoms with Crippen molar-refractivity contribution in [2.24, 2.45) is 5.14 Å². The molecular weight excluding hydrogens is 438 g/mol. The van der Waals surface area contributed by atoms with Gasteiger partial charge in [0.15, 0.2) is 11.6 Å². The molecule has 4 rings (SSSR count). The largest absolute Gasteiger partial charge is 0.507 e. The molecule has 11 nitrogen and oxygen atoms in total. The summed E-state index contributed by atoms with van der Waals surface area (Å²) in [5.74, 6) is -0.253. The maximum atomic E-state index is 11.6. The minimum absolute atomic E-state index is 0.0335. The molecule has 4 N–H and O–H groups in total. The summed E-state index contributed by atoms with van der Waals surface area (Å²) in [5.41, 5.74) is 0.552. The summed E-state index contributed by atoms with van der Waals surface area (Å²) in [6.07, 6.45) is 0. The van der Waals surface area contributed by atoms with Gasteiger partial charge in [0.1, 0.15) is 11.5 Å². The van der Waals surface area contributed by atoms with Crippen LogP contribution in [0.25, 0.3) is 28.5 Å². The lowest BCUT2D eigenvalue weighted by Crippen LogP contribution is -2.12. The van der Waals surface area contributed by atoms with Crippen molar-refractivity contribution in [2.75, 3.05) is 0 Å². The Balaban J connectivity index is 1.91. The van der Waals surface area contributed by atoms with Crippen molar-refractivity contribution in [3.05, 3.63) is 76.8 Å². The third kappa shape index (κ3) is 3.87. The number of aromatic hydroxyl groups is 2. The Morgan fingerprint density at radius 2 is 1.62 bits per heavy atom. The van der Waals surface area contributed by atoms with E-state index in [1.165, 1.54) is 47.1 Å². The minimum atomic E-state index is -3.90. The molecule has 1 aromatic heterocycles. The number of nitrogens with two attached hydrogens (primary N) is 1. The highest BCUT2D eigenvalue weighted by atomic mass is 32.2. The lowest BCUT2D eigenvalue weighted by molar-refractivity contribution is -0.384. The number of phenols is 2. The van der Waals surface area contributed by atoms with Crippen LogP contribution in [0.1, 0.15) is 0 Å². The van der Waals surface area contributed by atoms with E-state index in [4.69, 9.17) is 5.14 Å². The van der Waals surface area contributed by atoms with Crippen LogP contribution in [-0.2, 0) is 10.0 Å². The number of hydrogen-bond donors (Lipinski definition) is 3. The Bertz CT molecular complexity index is 1450. The van der Waals surface area contributed by atoms with E-state index >= 15 is 0 Å². The molecule has 0 radical (unpaired) electrons. The number of phenolic OH excluding ortho intramolecular Hbond substituents is 2. The lowest BCUT2D eigenvalue weighted by Gasteiger charge is -2.08. The van der Waals surface area contributed by atoms with Crippen molar-refractivity contribution in [1.29, 1.82) is 0 Å². The summed E-state index contributed by atoms with van der Waals surface area (Å²) >= 11 is 0. The normalized spacial score (nSPS) is 11.4. The summed E-state index contributed by atoms with van der Waals surface area (Å²) in [4.78, 5) is 14.6. The zero-order chi connectivity index (χ0) is 23.0. The zero-order valence-electron chi connectivity index (χ0n) is 16.2. The molecule has 0 spiro atoms. The number of hydrogen-bond acceptors (Lipinski definition) is 8. The molecule has 0 fully saturated rings. The molecule has 3 aromatic carbocycles. The van der Waals surface area contributed by atoms with E-state index in [2.05, 4.69) is 10.1 Å². The molecule has 0 aliphatic carbocycles. The molecule has 32 heavy (non-hydrogen) atoms. The summed E-state index contributed by atoms with van der Waals surface area (Å²) in [6, 6.07) is 15.4. The summed E-state index contributed by atoms with van der Waals surface area (Å²) in [5, 5.41) is 41.1. The molecule has 12 heteroatoms. The Morgan fingerprint density at radius 3 is 2.22 bits per heavy atom.